The SMILES string of the molecule is NN(CCO)C(=O)CCC/C=C\C[C@@H]1[C@@H](/C=C/[C@@H](O)CCc2cc(Cl)sc2Cl)[C@H](O)C[C@@H]1O. The largest absolute Gasteiger partial charge is 0.394 e. The van der Waals surface area contributed by atoms with E-state index >= 15 is 0 Å². The number of nitrogens with two attached hydrogens (primary N) is 1. The molecule has 0 aliphatic heterocycles. The molecular weight excluding hydrogens is 487 g/mol. The predicted octanol–water partition coefficient (Wildman–Crippen LogP) is 3.07. The lowest BCUT2D eigenvalue weighted by molar-refractivity contribution is -0.132. The molecule has 0 unspecified atom stereocenters. The Labute approximate surface area is 209 Å². The summed E-state index contributed by atoms with van der Waals surface area (Å²) in [6.45, 7) is -0.0432. The van der Waals surface area contributed by atoms with Crippen molar-refractivity contribution in [3.63, 3.8) is 0 Å². The highest BCUT2D eigenvalue weighted by molar-refractivity contribution is 7.20. The minimum absolute atomic E-state index is 0.121. The molecule has 1 aromatic heterocycles. The lowest BCUT2D eigenvalue weighted by Crippen LogP contribution is -2.39. The lowest BCUT2D eigenvalue weighted by atomic mass is 9.89. The summed E-state index contributed by atoms with van der Waals surface area (Å²) in [5, 5.41) is 40.9. The summed E-state index contributed by atoms with van der Waals surface area (Å²) >= 11 is 13.4. The highest BCUT2D eigenvalue weighted by atomic mass is 35.5. The Kier molecular flexibility index (Phi) is 12.4. The maximum absolute atomic E-state index is 11.7. The van der Waals surface area contributed by atoms with Crippen LogP contribution in [0.4, 0.5) is 0 Å². The Morgan fingerprint density at radius 1 is 1.30 bits per heavy atom. The summed E-state index contributed by atoms with van der Waals surface area (Å²) in [6.07, 6.45) is 9.06. The van der Waals surface area contributed by atoms with Crippen LogP contribution in [0.3, 0.4) is 0 Å². The van der Waals surface area contributed by atoms with Crippen LogP contribution >= 0.6 is 34.5 Å². The molecule has 0 aromatic carbocycles. The number of halogens is 2. The molecule has 1 heterocycles. The molecule has 0 radical (unpaired) electrons. The summed E-state index contributed by atoms with van der Waals surface area (Å²) in [7, 11) is 0. The molecule has 1 amide bonds. The topological polar surface area (TPSA) is 127 Å². The van der Waals surface area contributed by atoms with Crippen LogP contribution in [-0.2, 0) is 11.2 Å². The first-order valence-electron chi connectivity index (χ1n) is 11.2. The number of aliphatic hydroxyl groups is 4. The summed E-state index contributed by atoms with van der Waals surface area (Å²) in [5.74, 6) is 4.92. The summed E-state index contributed by atoms with van der Waals surface area (Å²) < 4.78 is 1.25. The molecule has 1 aromatic rings. The van der Waals surface area contributed by atoms with Gasteiger partial charge in [-0.25, -0.2) is 5.84 Å². The van der Waals surface area contributed by atoms with Gasteiger partial charge in [0.2, 0.25) is 5.91 Å². The Hall–Kier alpha value is -0.970. The van der Waals surface area contributed by atoms with Crippen molar-refractivity contribution in [1.29, 1.82) is 0 Å². The van der Waals surface area contributed by atoms with Crippen molar-refractivity contribution >= 4 is 40.4 Å². The fraction of sp³-hybridized carbons (Fsp3) is 0.609. The van der Waals surface area contributed by atoms with Crippen LogP contribution in [-0.4, -0.2) is 62.8 Å². The van der Waals surface area contributed by atoms with Gasteiger partial charge in [-0.1, -0.05) is 47.5 Å². The van der Waals surface area contributed by atoms with Crippen LogP contribution < -0.4 is 5.84 Å². The number of nitrogens with zero attached hydrogens (tertiary/aromatic N) is 1. The number of unbranched alkanes of at least 4 members (excludes halogenated alkanes) is 1. The molecule has 5 atom stereocenters. The summed E-state index contributed by atoms with van der Waals surface area (Å²) in [6, 6.07) is 1.81. The third-order valence-electron chi connectivity index (χ3n) is 5.91. The number of carbonyl (C=O) groups is 1. The first-order chi connectivity index (χ1) is 15.7. The summed E-state index contributed by atoms with van der Waals surface area (Å²) in [5.41, 5.74) is 0.910. The molecule has 7 nitrogen and oxygen atoms in total. The fourth-order valence-corrected chi connectivity index (χ4v) is 5.57. The predicted molar refractivity (Wildman–Crippen MR) is 132 cm³/mol. The van der Waals surface area contributed by atoms with Crippen molar-refractivity contribution in [2.45, 2.75) is 63.3 Å². The van der Waals surface area contributed by atoms with Gasteiger partial charge in [0.05, 0.1) is 40.1 Å². The van der Waals surface area contributed by atoms with E-state index in [2.05, 4.69) is 0 Å². The number of rotatable bonds is 13. The van der Waals surface area contributed by atoms with Crippen molar-refractivity contribution in [2.75, 3.05) is 13.2 Å². The average molecular weight is 522 g/mol. The number of aryl methyl sites for hydroxylation is 1. The normalized spacial score (nSPS) is 24.2. The number of hydrazine groups is 1. The van der Waals surface area contributed by atoms with Gasteiger partial charge in [0, 0.05) is 18.8 Å². The molecule has 1 fully saturated rings. The molecular formula is C23H34Cl2N2O5S. The van der Waals surface area contributed by atoms with Gasteiger partial charge in [0.15, 0.2) is 0 Å². The number of hydrogen-bond donors (Lipinski definition) is 5. The van der Waals surface area contributed by atoms with Crippen molar-refractivity contribution < 1.29 is 25.2 Å². The van der Waals surface area contributed by atoms with Gasteiger partial charge < -0.3 is 20.4 Å². The van der Waals surface area contributed by atoms with Crippen molar-refractivity contribution in [1.82, 2.24) is 5.01 Å². The molecule has 0 saturated heterocycles. The molecule has 10 heteroatoms. The lowest BCUT2D eigenvalue weighted by Gasteiger charge is -2.19. The molecule has 33 heavy (non-hydrogen) atoms. The maximum atomic E-state index is 11.7. The van der Waals surface area contributed by atoms with Crippen LogP contribution in [0.25, 0.3) is 0 Å². The molecule has 6 N–H and O–H groups in total. The van der Waals surface area contributed by atoms with Gasteiger partial charge in [-0.3, -0.25) is 9.80 Å². The molecule has 1 saturated carbocycles. The number of hydrogen-bond acceptors (Lipinski definition) is 7. The molecule has 1 aliphatic rings. The van der Waals surface area contributed by atoms with Crippen LogP contribution in [0.15, 0.2) is 30.4 Å². The highest BCUT2D eigenvalue weighted by Gasteiger charge is 2.39. The molecule has 0 bridgehead atoms. The Morgan fingerprint density at radius 2 is 2.06 bits per heavy atom. The molecule has 2 rings (SSSR count). The minimum atomic E-state index is -0.689. The average Bonchev–Trinajstić information content (AvgIpc) is 3.23. The first kappa shape index (κ1) is 28.3. The monoisotopic (exact) mass is 520 g/mol. The van der Waals surface area contributed by atoms with Gasteiger partial charge in [-0.05, 0) is 49.7 Å². The zero-order valence-electron chi connectivity index (χ0n) is 18.5. The number of thiophene rings is 1. The number of allylic oxidation sites excluding steroid dienone is 2. The van der Waals surface area contributed by atoms with E-state index in [1.165, 1.54) is 11.3 Å². The molecule has 186 valence electrons. The fourth-order valence-electron chi connectivity index (χ4n) is 4.03. The minimum Gasteiger partial charge on any atom is -0.394 e. The first-order valence-corrected chi connectivity index (χ1v) is 12.8. The van der Waals surface area contributed by atoms with Gasteiger partial charge in [-0.2, -0.15) is 0 Å². The Bertz CT molecular complexity index is 804. The van der Waals surface area contributed by atoms with Gasteiger partial charge in [0.25, 0.3) is 0 Å². The third-order valence-corrected chi connectivity index (χ3v) is 7.47. The zero-order valence-corrected chi connectivity index (χ0v) is 20.9. The van der Waals surface area contributed by atoms with Crippen LogP contribution in [0.2, 0.25) is 8.67 Å². The van der Waals surface area contributed by atoms with E-state index in [0.717, 1.165) is 10.6 Å². The Balaban J connectivity index is 1.78. The van der Waals surface area contributed by atoms with Crippen LogP contribution in [0.5, 0.6) is 0 Å². The zero-order chi connectivity index (χ0) is 24.4. The molecule has 1 aliphatic carbocycles. The van der Waals surface area contributed by atoms with Gasteiger partial charge >= 0.3 is 0 Å². The van der Waals surface area contributed by atoms with Gasteiger partial charge in [0.1, 0.15) is 0 Å². The smallest absolute Gasteiger partial charge is 0.236 e. The van der Waals surface area contributed by atoms with Crippen molar-refractivity contribution in [3.8, 4) is 0 Å². The maximum Gasteiger partial charge on any atom is 0.236 e. The van der Waals surface area contributed by atoms with E-state index in [1.54, 1.807) is 6.08 Å². The van der Waals surface area contributed by atoms with E-state index in [1.807, 2.05) is 24.3 Å². The second-order valence-electron chi connectivity index (χ2n) is 8.36. The quantitative estimate of drug-likeness (QED) is 0.0893. The molecule has 0 spiro atoms. The van der Waals surface area contributed by atoms with E-state index in [0.29, 0.717) is 53.6 Å². The third kappa shape index (κ3) is 9.30. The second kappa shape index (κ2) is 14.4. The van der Waals surface area contributed by atoms with Crippen LogP contribution in [0, 0.1) is 11.8 Å². The second-order valence-corrected chi connectivity index (χ2v) is 10.6. The summed E-state index contributed by atoms with van der Waals surface area (Å²) in [4.78, 5) is 11.7. The number of aliphatic hydroxyl groups excluding tert-OH is 4. The van der Waals surface area contributed by atoms with Gasteiger partial charge in [-0.15, -0.1) is 11.3 Å². The van der Waals surface area contributed by atoms with E-state index in [-0.39, 0.29) is 30.9 Å². The Morgan fingerprint density at radius 3 is 2.73 bits per heavy atom. The van der Waals surface area contributed by atoms with E-state index in [9.17, 15) is 20.1 Å². The highest BCUT2D eigenvalue weighted by Crippen LogP contribution is 2.36. The van der Waals surface area contributed by atoms with Crippen LogP contribution in [0.1, 0.15) is 44.1 Å². The van der Waals surface area contributed by atoms with Crippen molar-refractivity contribution in [3.05, 3.63) is 44.6 Å². The van der Waals surface area contributed by atoms with Crippen molar-refractivity contribution in [2.24, 2.45) is 17.7 Å². The number of carbonyl (C=O) groups excluding carboxylic acids is 1. The number of amides is 1. The van der Waals surface area contributed by atoms with E-state index in [4.69, 9.17) is 34.2 Å². The standard InChI is InChI=1S/C23H34Cl2N2O5S/c24-21-13-15(23(25)33-21)7-8-16(29)9-10-18-17(19(30)14-20(18)31)5-3-1-2-4-6-22(32)27(26)11-12-28/h1,3,9-10,13,16-20,28-31H,2,4-8,11-12,14,26H2/b3-1-,10-9+/t16-,17+,18+,19-,20+/m0/s1. The van der Waals surface area contributed by atoms with E-state index < -0.39 is 18.3 Å².